The van der Waals surface area contributed by atoms with Gasteiger partial charge >= 0.3 is 0 Å². The molecule has 1 saturated carbocycles. The summed E-state index contributed by atoms with van der Waals surface area (Å²) in [5.41, 5.74) is 1.69. The predicted molar refractivity (Wildman–Crippen MR) is 64.5 cm³/mol. The van der Waals surface area contributed by atoms with Crippen LogP contribution in [0.5, 0.6) is 0 Å². The molecular formula is C13H17FN2. The molecule has 2 atom stereocenters. The lowest BCUT2D eigenvalue weighted by molar-refractivity contribution is 0.383. The Hall–Kier alpha value is -1.25. The number of fused-ring (bicyclic) bond motifs is 2. The second-order valence-corrected chi connectivity index (χ2v) is 4.85. The lowest BCUT2D eigenvalue weighted by Gasteiger charge is -2.45. The van der Waals surface area contributed by atoms with E-state index in [0.29, 0.717) is 17.8 Å². The van der Waals surface area contributed by atoms with Gasteiger partial charge in [-0.05, 0) is 25.0 Å². The molecule has 1 aliphatic heterocycles. The quantitative estimate of drug-likeness (QED) is 0.723. The highest BCUT2D eigenvalue weighted by Gasteiger charge is 2.34. The van der Waals surface area contributed by atoms with Gasteiger partial charge < -0.3 is 10.2 Å². The molecule has 2 nitrogen and oxygen atoms in total. The molecule has 1 N–H and O–H groups in total. The van der Waals surface area contributed by atoms with Crippen molar-refractivity contribution in [2.24, 2.45) is 0 Å². The summed E-state index contributed by atoms with van der Waals surface area (Å²) in [5, 5.41) is 3.38. The molecule has 1 heterocycles. The summed E-state index contributed by atoms with van der Waals surface area (Å²) in [7, 11) is 2.09. The van der Waals surface area contributed by atoms with E-state index in [9.17, 15) is 4.39 Å². The second-order valence-electron chi connectivity index (χ2n) is 4.85. The molecule has 3 heteroatoms. The van der Waals surface area contributed by atoms with Gasteiger partial charge in [0, 0.05) is 19.1 Å². The minimum absolute atomic E-state index is 0.131. The van der Waals surface area contributed by atoms with E-state index in [-0.39, 0.29) is 5.82 Å². The molecule has 86 valence electrons. The van der Waals surface area contributed by atoms with Crippen molar-refractivity contribution in [1.29, 1.82) is 0 Å². The van der Waals surface area contributed by atoms with E-state index < -0.39 is 0 Å². The third kappa shape index (κ3) is 1.38. The topological polar surface area (TPSA) is 15.3 Å². The Morgan fingerprint density at radius 1 is 1.31 bits per heavy atom. The first kappa shape index (κ1) is 9.94. The number of halogens is 1. The summed E-state index contributed by atoms with van der Waals surface area (Å²) >= 11 is 0. The number of nitrogens with zero attached hydrogens (tertiary/aromatic N) is 1. The highest BCUT2D eigenvalue weighted by Crippen LogP contribution is 2.39. The van der Waals surface area contributed by atoms with E-state index in [1.807, 2.05) is 6.07 Å². The van der Waals surface area contributed by atoms with Crippen LogP contribution in [0.3, 0.4) is 0 Å². The van der Waals surface area contributed by atoms with Crippen molar-refractivity contribution in [3.63, 3.8) is 0 Å². The monoisotopic (exact) mass is 220 g/mol. The normalized spacial score (nSPS) is 28.0. The Labute approximate surface area is 95.4 Å². The summed E-state index contributed by atoms with van der Waals surface area (Å²) in [4.78, 5) is 2.25. The summed E-state index contributed by atoms with van der Waals surface area (Å²) < 4.78 is 13.7. The van der Waals surface area contributed by atoms with Crippen LogP contribution in [0, 0.1) is 5.82 Å². The Bertz CT molecular complexity index is 405. The van der Waals surface area contributed by atoms with Crippen LogP contribution in [-0.2, 0) is 0 Å². The molecular weight excluding hydrogens is 203 g/mol. The van der Waals surface area contributed by atoms with Gasteiger partial charge in [-0.1, -0.05) is 18.9 Å². The number of nitrogens with one attached hydrogen (secondary N) is 1. The average molecular weight is 220 g/mol. The molecule has 0 radical (unpaired) electrons. The smallest absolute Gasteiger partial charge is 0.148 e. The Morgan fingerprint density at radius 2 is 2.12 bits per heavy atom. The molecule has 0 bridgehead atoms. The molecule has 0 aromatic heterocycles. The molecule has 0 amide bonds. The van der Waals surface area contributed by atoms with E-state index in [1.54, 1.807) is 6.07 Å². The van der Waals surface area contributed by atoms with Crippen molar-refractivity contribution in [2.75, 3.05) is 17.3 Å². The van der Waals surface area contributed by atoms with E-state index >= 15 is 0 Å². The van der Waals surface area contributed by atoms with Crippen LogP contribution in [0.15, 0.2) is 18.2 Å². The maximum atomic E-state index is 13.7. The predicted octanol–water partition coefficient (Wildman–Crippen LogP) is 3.00. The fourth-order valence-electron chi connectivity index (χ4n) is 3.06. The first-order valence-electron chi connectivity index (χ1n) is 6.05. The highest BCUT2D eigenvalue weighted by molar-refractivity contribution is 5.73. The molecule has 2 unspecified atom stereocenters. The van der Waals surface area contributed by atoms with Crippen LogP contribution in [0.1, 0.15) is 25.7 Å². The van der Waals surface area contributed by atoms with Crippen molar-refractivity contribution < 1.29 is 4.39 Å². The molecule has 1 fully saturated rings. The van der Waals surface area contributed by atoms with E-state index in [0.717, 1.165) is 12.1 Å². The minimum Gasteiger partial charge on any atom is -0.376 e. The zero-order valence-electron chi connectivity index (χ0n) is 9.54. The molecule has 1 aromatic carbocycles. The van der Waals surface area contributed by atoms with Gasteiger partial charge in [0.2, 0.25) is 0 Å². The van der Waals surface area contributed by atoms with Gasteiger partial charge in [-0.15, -0.1) is 0 Å². The van der Waals surface area contributed by atoms with Crippen LogP contribution < -0.4 is 10.2 Å². The van der Waals surface area contributed by atoms with Crippen molar-refractivity contribution in [2.45, 2.75) is 37.8 Å². The van der Waals surface area contributed by atoms with Crippen molar-refractivity contribution in [3.8, 4) is 0 Å². The van der Waals surface area contributed by atoms with Gasteiger partial charge in [0.05, 0.1) is 11.4 Å². The summed E-state index contributed by atoms with van der Waals surface area (Å²) in [5.74, 6) is -0.131. The summed E-state index contributed by atoms with van der Waals surface area (Å²) in [6.07, 6.45) is 4.91. The van der Waals surface area contributed by atoms with Crippen molar-refractivity contribution in [1.82, 2.24) is 0 Å². The lowest BCUT2D eigenvalue weighted by atomic mass is 9.87. The van der Waals surface area contributed by atoms with Gasteiger partial charge in [-0.2, -0.15) is 0 Å². The number of hydrogen-bond acceptors (Lipinski definition) is 2. The molecule has 0 spiro atoms. The molecule has 3 rings (SSSR count). The van der Waals surface area contributed by atoms with Gasteiger partial charge in [0.25, 0.3) is 0 Å². The van der Waals surface area contributed by atoms with Gasteiger partial charge in [-0.25, -0.2) is 4.39 Å². The van der Waals surface area contributed by atoms with Crippen molar-refractivity contribution in [3.05, 3.63) is 24.0 Å². The standard InChI is InChI=1S/C13H17FN2/c1-16-11-7-3-2-6-10(11)15-13-9(14)5-4-8-12(13)16/h4-5,8,10-11,15H,2-3,6-7H2,1H3. The van der Waals surface area contributed by atoms with Crippen LogP contribution in [0.4, 0.5) is 15.8 Å². The van der Waals surface area contributed by atoms with E-state index in [4.69, 9.17) is 0 Å². The van der Waals surface area contributed by atoms with Crippen LogP contribution >= 0.6 is 0 Å². The van der Waals surface area contributed by atoms with Gasteiger partial charge in [-0.3, -0.25) is 0 Å². The van der Waals surface area contributed by atoms with Crippen molar-refractivity contribution >= 4 is 11.4 Å². The third-order valence-corrected chi connectivity index (χ3v) is 3.93. The summed E-state index contributed by atoms with van der Waals surface area (Å²) in [6.45, 7) is 0. The Balaban J connectivity index is 2.03. The lowest BCUT2D eigenvalue weighted by Crippen LogP contribution is -2.50. The maximum Gasteiger partial charge on any atom is 0.148 e. The number of rotatable bonds is 0. The van der Waals surface area contributed by atoms with Gasteiger partial charge in [0.15, 0.2) is 0 Å². The molecule has 0 saturated heterocycles. The van der Waals surface area contributed by atoms with Gasteiger partial charge in [0.1, 0.15) is 5.82 Å². The number of likely N-dealkylation sites (N-methyl/N-ethyl adjacent to an activating group) is 1. The second kappa shape index (κ2) is 3.65. The zero-order valence-corrected chi connectivity index (χ0v) is 9.54. The number of hydrogen-bond donors (Lipinski definition) is 1. The maximum absolute atomic E-state index is 13.7. The van der Waals surface area contributed by atoms with Crippen LogP contribution in [0.25, 0.3) is 0 Å². The number of benzene rings is 1. The zero-order chi connectivity index (χ0) is 11.1. The third-order valence-electron chi connectivity index (χ3n) is 3.93. The minimum atomic E-state index is -0.131. The Kier molecular flexibility index (Phi) is 2.27. The van der Waals surface area contributed by atoms with Crippen LogP contribution in [-0.4, -0.2) is 19.1 Å². The largest absolute Gasteiger partial charge is 0.376 e. The summed E-state index contributed by atoms with van der Waals surface area (Å²) in [6, 6.07) is 6.26. The number of anilines is 2. The molecule has 1 aromatic rings. The van der Waals surface area contributed by atoms with E-state index in [2.05, 4.69) is 17.3 Å². The van der Waals surface area contributed by atoms with E-state index in [1.165, 1.54) is 25.3 Å². The molecule has 2 aliphatic rings. The number of para-hydroxylation sites is 1. The highest BCUT2D eigenvalue weighted by atomic mass is 19.1. The van der Waals surface area contributed by atoms with Crippen LogP contribution in [0.2, 0.25) is 0 Å². The fourth-order valence-corrected chi connectivity index (χ4v) is 3.06. The molecule has 1 aliphatic carbocycles. The fraction of sp³-hybridized carbons (Fsp3) is 0.538. The molecule has 16 heavy (non-hydrogen) atoms. The SMILES string of the molecule is CN1c2cccc(F)c2NC2CCCCC21. The first-order chi connectivity index (χ1) is 7.77. The Morgan fingerprint density at radius 3 is 3.00 bits per heavy atom. The average Bonchev–Trinajstić information content (AvgIpc) is 2.31. The first-order valence-corrected chi connectivity index (χ1v) is 6.05.